The molecule has 0 bridgehead atoms. The molecule has 13 heteroatoms. The number of hydrogen-bond acceptors (Lipinski definition) is 4. The molecule has 1 saturated carbocycles. The number of aromatic amines is 1. The minimum Gasteiger partial charge on any atom is -0.356 e. The standard InChI is InChI=1S/C25H24ClF4N5O3/c26-16-6-17(27)14-5-18(34-20(14)19(16)28)24(38)35-10-12-7-25(29,30)8-15(12)21(35)23(37)33-13(9-31)4-11-2-1-3-32-22(11)36/h5-6,11-13,15,21,34H,1-4,7-8,10H2,(H,32,36)(H,33,37)/t11-,12-,13-,15-,21-/m0/s1. The summed E-state index contributed by atoms with van der Waals surface area (Å²) in [5, 5.41) is 14.2. The molecule has 5 atom stereocenters. The Balaban J connectivity index is 1.41. The summed E-state index contributed by atoms with van der Waals surface area (Å²) in [5.41, 5.74) is -0.569. The van der Waals surface area contributed by atoms with Gasteiger partial charge in [-0.1, -0.05) is 11.6 Å². The molecule has 2 aromatic rings. The maximum atomic E-state index is 14.5. The summed E-state index contributed by atoms with van der Waals surface area (Å²) in [6, 6.07) is 1.40. The molecular weight excluding hydrogens is 530 g/mol. The van der Waals surface area contributed by atoms with E-state index in [-0.39, 0.29) is 35.5 Å². The van der Waals surface area contributed by atoms with E-state index < -0.39 is 77.1 Å². The number of nitrogens with zero attached hydrogens (tertiary/aromatic N) is 2. The Kier molecular flexibility index (Phi) is 6.75. The fourth-order valence-electron chi connectivity index (χ4n) is 6.05. The van der Waals surface area contributed by atoms with Crippen LogP contribution in [0.2, 0.25) is 5.02 Å². The van der Waals surface area contributed by atoms with Gasteiger partial charge in [-0.15, -0.1) is 0 Å². The molecule has 2 aliphatic heterocycles. The maximum Gasteiger partial charge on any atom is 0.271 e. The van der Waals surface area contributed by atoms with Gasteiger partial charge in [0.2, 0.25) is 17.7 Å². The van der Waals surface area contributed by atoms with Crippen LogP contribution < -0.4 is 10.6 Å². The molecule has 0 unspecified atom stereocenters. The molecule has 1 aromatic carbocycles. The Hall–Kier alpha value is -3.33. The van der Waals surface area contributed by atoms with Crippen LogP contribution in [0.1, 0.15) is 42.6 Å². The number of nitrogens with one attached hydrogen (secondary N) is 3. The van der Waals surface area contributed by atoms with Crippen LogP contribution in [0.4, 0.5) is 17.6 Å². The summed E-state index contributed by atoms with van der Waals surface area (Å²) in [4.78, 5) is 42.6. The Morgan fingerprint density at radius 3 is 2.76 bits per heavy atom. The molecular formula is C25H24ClF4N5O3. The average molecular weight is 554 g/mol. The summed E-state index contributed by atoms with van der Waals surface area (Å²) >= 11 is 5.70. The number of nitriles is 1. The number of hydrogen-bond donors (Lipinski definition) is 3. The second-order valence-electron chi connectivity index (χ2n) is 10.3. The lowest BCUT2D eigenvalue weighted by Gasteiger charge is -2.29. The van der Waals surface area contributed by atoms with E-state index in [2.05, 4.69) is 15.6 Å². The van der Waals surface area contributed by atoms with Crippen LogP contribution in [0.5, 0.6) is 0 Å². The van der Waals surface area contributed by atoms with Gasteiger partial charge in [0.1, 0.15) is 23.6 Å². The van der Waals surface area contributed by atoms with Gasteiger partial charge in [0.25, 0.3) is 5.91 Å². The van der Waals surface area contributed by atoms with E-state index in [9.17, 15) is 37.2 Å². The average Bonchev–Trinajstić information content (AvgIpc) is 3.53. The number of halogens is 5. The number of rotatable bonds is 5. The highest BCUT2D eigenvalue weighted by Crippen LogP contribution is 2.50. The zero-order valence-corrected chi connectivity index (χ0v) is 20.8. The number of carbonyl (C=O) groups excluding carboxylic acids is 3. The third-order valence-electron chi connectivity index (χ3n) is 7.78. The summed E-state index contributed by atoms with van der Waals surface area (Å²) < 4.78 is 57.3. The van der Waals surface area contributed by atoms with Crippen molar-refractivity contribution in [3.63, 3.8) is 0 Å². The molecule has 3 aliphatic rings. The van der Waals surface area contributed by atoms with Crippen LogP contribution in [0.15, 0.2) is 12.1 Å². The molecule has 5 rings (SSSR count). The molecule has 8 nitrogen and oxygen atoms in total. The van der Waals surface area contributed by atoms with E-state index in [0.29, 0.717) is 13.0 Å². The van der Waals surface area contributed by atoms with E-state index in [1.165, 1.54) is 0 Å². The third kappa shape index (κ3) is 4.68. The van der Waals surface area contributed by atoms with E-state index in [1.807, 2.05) is 6.07 Å². The first kappa shape index (κ1) is 26.3. The number of likely N-dealkylation sites (tertiary alicyclic amines) is 1. The summed E-state index contributed by atoms with van der Waals surface area (Å²) in [6.07, 6.45) is 0.180. The van der Waals surface area contributed by atoms with Crippen molar-refractivity contribution in [1.82, 2.24) is 20.5 Å². The molecule has 3 fully saturated rings. The van der Waals surface area contributed by atoms with Gasteiger partial charge >= 0.3 is 0 Å². The molecule has 3 amide bonds. The molecule has 3 N–H and O–H groups in total. The number of H-pyrrole nitrogens is 1. The van der Waals surface area contributed by atoms with Crippen molar-refractivity contribution in [2.75, 3.05) is 13.1 Å². The minimum absolute atomic E-state index is 0.0420. The number of piperidine rings is 1. The predicted molar refractivity (Wildman–Crippen MR) is 127 cm³/mol. The molecule has 2 saturated heterocycles. The van der Waals surface area contributed by atoms with Crippen LogP contribution in [0.3, 0.4) is 0 Å². The van der Waals surface area contributed by atoms with E-state index in [1.54, 1.807) is 0 Å². The quantitative estimate of drug-likeness (QED) is 0.388. The van der Waals surface area contributed by atoms with Crippen molar-refractivity contribution in [3.05, 3.63) is 34.5 Å². The zero-order valence-electron chi connectivity index (χ0n) is 20.0. The fraction of sp³-hybridized carbons (Fsp3) is 0.520. The number of aromatic nitrogens is 1. The highest BCUT2D eigenvalue weighted by Gasteiger charge is 2.58. The minimum atomic E-state index is -3.01. The van der Waals surface area contributed by atoms with Crippen molar-refractivity contribution in [2.24, 2.45) is 17.8 Å². The molecule has 3 heterocycles. The SMILES string of the molecule is N#C[C@H](C[C@@H]1CCCNC1=O)NC(=O)[C@@H]1[C@H]2CC(F)(F)C[C@H]2CN1C(=O)c1cc2c(F)cc(Cl)c(F)c2[nH]1. The van der Waals surface area contributed by atoms with Gasteiger partial charge in [0.15, 0.2) is 5.82 Å². The van der Waals surface area contributed by atoms with Gasteiger partial charge in [-0.3, -0.25) is 14.4 Å². The number of alkyl halides is 2. The van der Waals surface area contributed by atoms with Crippen molar-refractivity contribution in [3.8, 4) is 6.07 Å². The Morgan fingerprint density at radius 2 is 2.05 bits per heavy atom. The smallest absolute Gasteiger partial charge is 0.271 e. The largest absolute Gasteiger partial charge is 0.356 e. The van der Waals surface area contributed by atoms with Crippen molar-refractivity contribution in [1.29, 1.82) is 5.26 Å². The zero-order chi connectivity index (χ0) is 27.4. The second-order valence-corrected chi connectivity index (χ2v) is 10.7. The van der Waals surface area contributed by atoms with Gasteiger partial charge in [-0.25, -0.2) is 17.6 Å². The Bertz CT molecular complexity index is 1360. The highest BCUT2D eigenvalue weighted by atomic mass is 35.5. The van der Waals surface area contributed by atoms with Crippen LogP contribution in [0, 0.1) is 40.7 Å². The van der Waals surface area contributed by atoms with Crippen LogP contribution in [0.25, 0.3) is 10.9 Å². The Morgan fingerprint density at radius 1 is 1.29 bits per heavy atom. The highest BCUT2D eigenvalue weighted by molar-refractivity contribution is 6.31. The Labute approximate surface area is 219 Å². The molecule has 1 aromatic heterocycles. The van der Waals surface area contributed by atoms with Crippen molar-refractivity contribution < 1.29 is 31.9 Å². The number of benzene rings is 1. The summed E-state index contributed by atoms with van der Waals surface area (Å²) in [7, 11) is 0. The van der Waals surface area contributed by atoms with Crippen molar-refractivity contribution in [2.45, 2.75) is 50.1 Å². The van der Waals surface area contributed by atoms with Crippen LogP contribution in [-0.2, 0) is 9.59 Å². The third-order valence-corrected chi connectivity index (χ3v) is 8.06. The summed E-state index contributed by atoms with van der Waals surface area (Å²) in [5.74, 6) is -8.69. The van der Waals surface area contributed by atoms with Crippen LogP contribution in [-0.4, -0.2) is 58.7 Å². The van der Waals surface area contributed by atoms with Gasteiger partial charge < -0.3 is 20.5 Å². The first-order valence-corrected chi connectivity index (χ1v) is 12.7. The fourth-order valence-corrected chi connectivity index (χ4v) is 6.24. The molecule has 0 radical (unpaired) electrons. The number of fused-ring (bicyclic) bond motifs is 2. The molecule has 38 heavy (non-hydrogen) atoms. The topological polar surface area (TPSA) is 118 Å². The van der Waals surface area contributed by atoms with Crippen molar-refractivity contribution >= 4 is 40.2 Å². The lowest BCUT2D eigenvalue weighted by molar-refractivity contribution is -0.129. The summed E-state index contributed by atoms with van der Waals surface area (Å²) in [6.45, 7) is 0.365. The predicted octanol–water partition coefficient (Wildman–Crippen LogP) is 3.51. The van der Waals surface area contributed by atoms with Gasteiger partial charge in [0, 0.05) is 37.2 Å². The molecule has 202 valence electrons. The second kappa shape index (κ2) is 9.76. The molecule has 1 aliphatic carbocycles. The van der Waals surface area contributed by atoms with E-state index >= 15 is 0 Å². The van der Waals surface area contributed by atoms with Gasteiger partial charge in [-0.05, 0) is 43.2 Å². The lowest BCUT2D eigenvalue weighted by atomic mass is 9.90. The van der Waals surface area contributed by atoms with Gasteiger partial charge in [0.05, 0.1) is 16.6 Å². The first-order chi connectivity index (χ1) is 18.0. The monoisotopic (exact) mass is 553 g/mol. The van der Waals surface area contributed by atoms with Crippen LogP contribution >= 0.6 is 11.6 Å². The number of carbonyl (C=O) groups is 3. The maximum absolute atomic E-state index is 14.5. The first-order valence-electron chi connectivity index (χ1n) is 12.3. The van der Waals surface area contributed by atoms with E-state index in [0.717, 1.165) is 23.5 Å². The molecule has 0 spiro atoms. The van der Waals surface area contributed by atoms with E-state index in [4.69, 9.17) is 11.6 Å². The lowest BCUT2D eigenvalue weighted by Crippen LogP contribution is -2.52. The normalized spacial score (nSPS) is 27.1. The van der Waals surface area contributed by atoms with Gasteiger partial charge in [-0.2, -0.15) is 5.26 Å². The number of amides is 3.